The number of thioether (sulfide) groups is 1. The standard InChI is InChI=1S/C13H24N2O4S/c1-19-9-13(12(17)18)4-6-15(7-5-13)11(16)10(14)3-8-20-2/h10H,3-9,14H2,1-2H3,(H,17,18)/t10-/m0/s1. The largest absolute Gasteiger partial charge is 0.481 e. The lowest BCUT2D eigenvalue weighted by Gasteiger charge is -2.39. The summed E-state index contributed by atoms with van der Waals surface area (Å²) in [7, 11) is 1.50. The number of methoxy groups -OCH3 is 1. The number of piperidine rings is 1. The molecule has 0 radical (unpaired) electrons. The molecule has 1 fully saturated rings. The minimum Gasteiger partial charge on any atom is -0.481 e. The number of hydrogen-bond acceptors (Lipinski definition) is 5. The van der Waals surface area contributed by atoms with Crippen LogP contribution in [0.2, 0.25) is 0 Å². The number of rotatable bonds is 7. The molecule has 1 rings (SSSR count). The van der Waals surface area contributed by atoms with Gasteiger partial charge in [0.2, 0.25) is 5.91 Å². The zero-order valence-electron chi connectivity index (χ0n) is 12.1. The highest BCUT2D eigenvalue weighted by atomic mass is 32.2. The molecule has 6 nitrogen and oxygen atoms in total. The van der Waals surface area contributed by atoms with E-state index in [9.17, 15) is 14.7 Å². The summed E-state index contributed by atoms with van der Waals surface area (Å²) in [6.07, 6.45) is 3.46. The van der Waals surface area contributed by atoms with E-state index in [-0.39, 0.29) is 12.5 Å². The van der Waals surface area contributed by atoms with Crippen LogP contribution in [-0.2, 0) is 14.3 Å². The first-order chi connectivity index (χ1) is 9.46. The first kappa shape index (κ1) is 17.3. The highest BCUT2D eigenvalue weighted by molar-refractivity contribution is 7.98. The summed E-state index contributed by atoms with van der Waals surface area (Å²) in [6, 6.07) is -0.484. The van der Waals surface area contributed by atoms with Crippen LogP contribution >= 0.6 is 11.8 Å². The fourth-order valence-corrected chi connectivity index (χ4v) is 2.94. The molecule has 0 aromatic heterocycles. The molecule has 1 aliphatic heterocycles. The fourth-order valence-electron chi connectivity index (χ4n) is 2.45. The Bertz CT molecular complexity index is 343. The second-order valence-electron chi connectivity index (χ2n) is 5.23. The van der Waals surface area contributed by atoms with Crippen LogP contribution in [0.25, 0.3) is 0 Å². The molecule has 3 N–H and O–H groups in total. The maximum absolute atomic E-state index is 12.2. The zero-order chi connectivity index (χ0) is 15.2. The van der Waals surface area contributed by atoms with E-state index < -0.39 is 17.4 Å². The third-order valence-corrected chi connectivity index (χ3v) is 4.50. The predicted octanol–water partition coefficient (Wildman–Crippen LogP) is 0.407. The first-order valence-electron chi connectivity index (χ1n) is 6.72. The van der Waals surface area contributed by atoms with Gasteiger partial charge in [0, 0.05) is 20.2 Å². The smallest absolute Gasteiger partial charge is 0.312 e. The molecule has 0 bridgehead atoms. The van der Waals surface area contributed by atoms with Crippen molar-refractivity contribution in [2.75, 3.05) is 38.8 Å². The van der Waals surface area contributed by atoms with Crippen LogP contribution in [0.1, 0.15) is 19.3 Å². The molecule has 1 aliphatic rings. The lowest BCUT2D eigenvalue weighted by atomic mass is 9.79. The van der Waals surface area contributed by atoms with E-state index in [4.69, 9.17) is 10.5 Å². The summed E-state index contributed by atoms with van der Waals surface area (Å²) in [4.78, 5) is 25.2. The van der Waals surface area contributed by atoms with Crippen molar-refractivity contribution in [1.29, 1.82) is 0 Å². The predicted molar refractivity (Wildman–Crippen MR) is 78.7 cm³/mol. The molecule has 0 aliphatic carbocycles. The number of nitrogens with two attached hydrogens (primary N) is 1. The maximum atomic E-state index is 12.2. The van der Waals surface area contributed by atoms with Gasteiger partial charge in [0.05, 0.1) is 18.1 Å². The Balaban J connectivity index is 2.56. The third-order valence-electron chi connectivity index (χ3n) is 3.86. The zero-order valence-corrected chi connectivity index (χ0v) is 12.9. The van der Waals surface area contributed by atoms with Gasteiger partial charge < -0.3 is 20.5 Å². The van der Waals surface area contributed by atoms with Gasteiger partial charge in [-0.1, -0.05) is 0 Å². The molecule has 0 saturated carbocycles. The van der Waals surface area contributed by atoms with E-state index in [1.54, 1.807) is 16.7 Å². The van der Waals surface area contributed by atoms with Crippen molar-refractivity contribution in [3.63, 3.8) is 0 Å². The Morgan fingerprint density at radius 1 is 1.45 bits per heavy atom. The molecule has 20 heavy (non-hydrogen) atoms. The van der Waals surface area contributed by atoms with Crippen molar-refractivity contribution in [2.45, 2.75) is 25.3 Å². The topological polar surface area (TPSA) is 92.9 Å². The van der Waals surface area contributed by atoms with E-state index in [2.05, 4.69) is 0 Å². The van der Waals surface area contributed by atoms with Crippen LogP contribution in [0.4, 0.5) is 0 Å². The third kappa shape index (κ3) is 4.10. The summed E-state index contributed by atoms with van der Waals surface area (Å²) in [5.41, 5.74) is 5.01. The SMILES string of the molecule is COCC1(C(=O)O)CCN(C(=O)[C@@H](N)CCSC)CC1. The Labute approximate surface area is 124 Å². The molecular formula is C13H24N2O4S. The van der Waals surface area contributed by atoms with Gasteiger partial charge in [-0.3, -0.25) is 9.59 Å². The van der Waals surface area contributed by atoms with Gasteiger partial charge in [0.15, 0.2) is 0 Å². The van der Waals surface area contributed by atoms with Gasteiger partial charge in [0.1, 0.15) is 0 Å². The van der Waals surface area contributed by atoms with Crippen LogP contribution in [0.5, 0.6) is 0 Å². The molecule has 0 spiro atoms. The number of aliphatic carboxylic acids is 1. The fraction of sp³-hybridized carbons (Fsp3) is 0.846. The van der Waals surface area contributed by atoms with Crippen molar-refractivity contribution in [2.24, 2.45) is 11.1 Å². The molecule has 1 amide bonds. The number of amides is 1. The molecule has 0 aromatic carbocycles. The number of likely N-dealkylation sites (tertiary alicyclic amines) is 1. The first-order valence-corrected chi connectivity index (χ1v) is 8.12. The van der Waals surface area contributed by atoms with E-state index in [1.807, 2.05) is 6.26 Å². The molecular weight excluding hydrogens is 280 g/mol. The molecule has 0 aromatic rings. The number of hydrogen-bond donors (Lipinski definition) is 2. The summed E-state index contributed by atoms with van der Waals surface area (Å²) in [5.74, 6) is -0.0719. The number of carboxylic acids is 1. The normalized spacial score (nSPS) is 19.6. The van der Waals surface area contributed by atoms with Crippen LogP contribution in [0, 0.1) is 5.41 Å². The monoisotopic (exact) mass is 304 g/mol. The summed E-state index contributed by atoms with van der Waals surface area (Å²) < 4.78 is 5.03. The van der Waals surface area contributed by atoms with E-state index in [0.29, 0.717) is 32.4 Å². The van der Waals surface area contributed by atoms with Crippen LogP contribution in [-0.4, -0.2) is 66.7 Å². The van der Waals surface area contributed by atoms with E-state index in [1.165, 1.54) is 7.11 Å². The average Bonchev–Trinajstić information content (AvgIpc) is 2.44. The van der Waals surface area contributed by atoms with Crippen molar-refractivity contribution >= 4 is 23.6 Å². The minimum atomic E-state index is -0.866. The molecule has 1 saturated heterocycles. The van der Waals surface area contributed by atoms with Gasteiger partial charge >= 0.3 is 5.97 Å². The summed E-state index contributed by atoms with van der Waals surface area (Å²) in [5, 5.41) is 9.36. The molecule has 7 heteroatoms. The Morgan fingerprint density at radius 2 is 2.05 bits per heavy atom. The van der Waals surface area contributed by atoms with Crippen LogP contribution in [0.15, 0.2) is 0 Å². The maximum Gasteiger partial charge on any atom is 0.312 e. The Morgan fingerprint density at radius 3 is 2.50 bits per heavy atom. The van der Waals surface area contributed by atoms with Gasteiger partial charge in [-0.25, -0.2) is 0 Å². The van der Waals surface area contributed by atoms with Gasteiger partial charge in [0.25, 0.3) is 0 Å². The number of ether oxygens (including phenoxy) is 1. The molecule has 0 unspecified atom stereocenters. The highest BCUT2D eigenvalue weighted by Gasteiger charge is 2.42. The molecule has 1 heterocycles. The summed E-state index contributed by atoms with van der Waals surface area (Å²) in [6.45, 7) is 1.05. The lowest BCUT2D eigenvalue weighted by molar-refractivity contribution is -0.158. The van der Waals surface area contributed by atoms with Gasteiger partial charge in [-0.05, 0) is 31.3 Å². The number of carboxylic acid groups (broad SMARTS) is 1. The van der Waals surface area contributed by atoms with E-state index in [0.717, 1.165) is 5.75 Å². The van der Waals surface area contributed by atoms with Crippen LogP contribution < -0.4 is 5.73 Å². The lowest BCUT2D eigenvalue weighted by Crippen LogP contribution is -2.52. The van der Waals surface area contributed by atoms with Gasteiger partial charge in [-0.15, -0.1) is 0 Å². The second-order valence-corrected chi connectivity index (χ2v) is 6.22. The quantitative estimate of drug-likeness (QED) is 0.707. The molecule has 116 valence electrons. The van der Waals surface area contributed by atoms with Crippen molar-refractivity contribution in [3.8, 4) is 0 Å². The molecule has 1 atom stereocenters. The van der Waals surface area contributed by atoms with Crippen molar-refractivity contribution < 1.29 is 19.4 Å². The Kier molecular flexibility index (Phi) is 6.78. The van der Waals surface area contributed by atoms with E-state index >= 15 is 0 Å². The number of carbonyl (C=O) groups excluding carboxylic acids is 1. The van der Waals surface area contributed by atoms with Crippen LogP contribution in [0.3, 0.4) is 0 Å². The number of nitrogens with zero attached hydrogens (tertiary/aromatic N) is 1. The van der Waals surface area contributed by atoms with Crippen molar-refractivity contribution in [1.82, 2.24) is 4.90 Å². The minimum absolute atomic E-state index is 0.0737. The summed E-state index contributed by atoms with van der Waals surface area (Å²) >= 11 is 1.66. The highest BCUT2D eigenvalue weighted by Crippen LogP contribution is 2.32. The number of carbonyl (C=O) groups is 2. The average molecular weight is 304 g/mol. The van der Waals surface area contributed by atoms with Crippen molar-refractivity contribution in [3.05, 3.63) is 0 Å². The Hall–Kier alpha value is -0.790. The van der Waals surface area contributed by atoms with Gasteiger partial charge in [-0.2, -0.15) is 11.8 Å². The second kappa shape index (κ2) is 7.85.